The SMILES string of the molecule is COCC(=O)N(CC(=O)Nc1cc(C)on1)CC1CC1. The summed E-state index contributed by atoms with van der Waals surface area (Å²) >= 11 is 0. The van der Waals surface area contributed by atoms with Crippen LogP contribution in [-0.2, 0) is 14.3 Å². The molecule has 2 amide bonds. The van der Waals surface area contributed by atoms with E-state index < -0.39 is 0 Å². The summed E-state index contributed by atoms with van der Waals surface area (Å²) in [5.41, 5.74) is 0. The molecule has 2 rings (SSSR count). The first-order chi connectivity index (χ1) is 9.58. The molecule has 0 spiro atoms. The van der Waals surface area contributed by atoms with E-state index >= 15 is 0 Å². The van der Waals surface area contributed by atoms with Crippen molar-refractivity contribution in [3.63, 3.8) is 0 Å². The zero-order valence-corrected chi connectivity index (χ0v) is 11.7. The maximum Gasteiger partial charge on any atom is 0.249 e. The molecule has 0 unspecified atom stereocenters. The van der Waals surface area contributed by atoms with Gasteiger partial charge in [0.2, 0.25) is 11.8 Å². The third kappa shape index (κ3) is 4.34. The highest BCUT2D eigenvalue weighted by molar-refractivity contribution is 5.93. The van der Waals surface area contributed by atoms with Gasteiger partial charge in [-0.05, 0) is 25.7 Å². The minimum absolute atomic E-state index is 0.00456. The summed E-state index contributed by atoms with van der Waals surface area (Å²) < 4.78 is 9.71. The molecule has 1 aromatic heterocycles. The number of hydrogen-bond donors (Lipinski definition) is 1. The van der Waals surface area contributed by atoms with E-state index in [1.165, 1.54) is 12.0 Å². The van der Waals surface area contributed by atoms with E-state index in [0.717, 1.165) is 12.8 Å². The summed E-state index contributed by atoms with van der Waals surface area (Å²) in [6.07, 6.45) is 2.22. The topological polar surface area (TPSA) is 84.7 Å². The van der Waals surface area contributed by atoms with Crippen LogP contribution in [0.25, 0.3) is 0 Å². The summed E-state index contributed by atoms with van der Waals surface area (Å²) in [7, 11) is 1.46. The molecule has 0 bridgehead atoms. The molecule has 0 atom stereocenters. The lowest BCUT2D eigenvalue weighted by molar-refractivity contribution is -0.138. The predicted octanol–water partition coefficient (Wildman–Crippen LogP) is 0.807. The molecule has 7 heteroatoms. The van der Waals surface area contributed by atoms with Crippen molar-refractivity contribution in [3.8, 4) is 0 Å². The fraction of sp³-hybridized carbons (Fsp3) is 0.615. The van der Waals surface area contributed by atoms with Crippen molar-refractivity contribution in [3.05, 3.63) is 11.8 Å². The molecule has 110 valence electrons. The average Bonchev–Trinajstić information content (AvgIpc) is 3.11. The fourth-order valence-corrected chi connectivity index (χ4v) is 1.86. The average molecular weight is 281 g/mol. The van der Waals surface area contributed by atoms with Gasteiger partial charge in [0.1, 0.15) is 12.4 Å². The second-order valence-electron chi connectivity index (χ2n) is 5.02. The number of rotatable bonds is 7. The summed E-state index contributed by atoms with van der Waals surface area (Å²) in [6, 6.07) is 1.63. The van der Waals surface area contributed by atoms with Crippen LogP contribution in [0.2, 0.25) is 0 Å². The Labute approximate surface area is 117 Å². The molecule has 1 heterocycles. The molecule has 20 heavy (non-hydrogen) atoms. The highest BCUT2D eigenvalue weighted by atomic mass is 16.5. The Hall–Kier alpha value is -1.89. The van der Waals surface area contributed by atoms with Gasteiger partial charge in [0, 0.05) is 19.7 Å². The zero-order chi connectivity index (χ0) is 14.5. The van der Waals surface area contributed by atoms with Crippen molar-refractivity contribution in [1.29, 1.82) is 0 Å². The first kappa shape index (κ1) is 14.5. The molecule has 7 nitrogen and oxygen atoms in total. The molecule has 1 saturated carbocycles. The third-order valence-electron chi connectivity index (χ3n) is 3.03. The molecule has 1 aromatic rings. The van der Waals surface area contributed by atoms with Crippen molar-refractivity contribution < 1.29 is 18.8 Å². The molecule has 1 fully saturated rings. The van der Waals surface area contributed by atoms with Gasteiger partial charge < -0.3 is 19.5 Å². The van der Waals surface area contributed by atoms with Crippen LogP contribution in [0, 0.1) is 12.8 Å². The molecule has 1 aliphatic carbocycles. The summed E-state index contributed by atoms with van der Waals surface area (Å²) in [4.78, 5) is 25.3. The van der Waals surface area contributed by atoms with Gasteiger partial charge in [0.05, 0.1) is 6.54 Å². The molecule has 0 aromatic carbocycles. The Morgan fingerprint density at radius 2 is 2.30 bits per heavy atom. The quantitative estimate of drug-likeness (QED) is 0.799. The first-order valence-corrected chi connectivity index (χ1v) is 6.58. The molecule has 1 N–H and O–H groups in total. The van der Waals surface area contributed by atoms with E-state index in [1.54, 1.807) is 13.0 Å². The second-order valence-corrected chi connectivity index (χ2v) is 5.02. The highest BCUT2D eigenvalue weighted by Crippen LogP contribution is 2.29. The van der Waals surface area contributed by atoms with Crippen LogP contribution in [0.15, 0.2) is 10.6 Å². The van der Waals surface area contributed by atoms with E-state index in [2.05, 4.69) is 10.5 Å². The van der Waals surface area contributed by atoms with Crippen LogP contribution in [0.3, 0.4) is 0 Å². The van der Waals surface area contributed by atoms with Gasteiger partial charge in [0.15, 0.2) is 5.82 Å². The lowest BCUT2D eigenvalue weighted by Crippen LogP contribution is -2.41. The van der Waals surface area contributed by atoms with Crippen LogP contribution < -0.4 is 5.32 Å². The number of anilines is 1. The van der Waals surface area contributed by atoms with Crippen LogP contribution in [-0.4, -0.2) is 48.7 Å². The Morgan fingerprint density at radius 3 is 2.85 bits per heavy atom. The zero-order valence-electron chi connectivity index (χ0n) is 11.7. The summed E-state index contributed by atoms with van der Waals surface area (Å²) in [5.74, 6) is 1.02. The third-order valence-corrected chi connectivity index (χ3v) is 3.03. The van der Waals surface area contributed by atoms with E-state index in [1.807, 2.05) is 0 Å². The van der Waals surface area contributed by atoms with Gasteiger partial charge in [-0.15, -0.1) is 0 Å². The standard InChI is InChI=1S/C13H19N3O4/c1-9-5-11(15-20-9)14-12(17)7-16(6-10-3-4-10)13(18)8-19-2/h5,10H,3-4,6-8H2,1-2H3,(H,14,15,17). The van der Waals surface area contributed by atoms with Crippen molar-refractivity contribution >= 4 is 17.6 Å². The minimum Gasteiger partial charge on any atom is -0.375 e. The normalized spacial score (nSPS) is 14.1. The van der Waals surface area contributed by atoms with E-state index in [-0.39, 0.29) is 25.0 Å². The molecule has 0 aliphatic heterocycles. The molecule has 0 saturated heterocycles. The van der Waals surface area contributed by atoms with Gasteiger partial charge in [-0.1, -0.05) is 5.16 Å². The number of nitrogens with one attached hydrogen (secondary N) is 1. The van der Waals surface area contributed by atoms with Crippen LogP contribution in [0.1, 0.15) is 18.6 Å². The molecule has 0 radical (unpaired) electrons. The van der Waals surface area contributed by atoms with Gasteiger partial charge in [-0.2, -0.15) is 0 Å². The Bertz CT molecular complexity index is 482. The van der Waals surface area contributed by atoms with Crippen molar-refractivity contribution in [2.24, 2.45) is 5.92 Å². The number of ether oxygens (including phenoxy) is 1. The maximum atomic E-state index is 11.9. The monoisotopic (exact) mass is 281 g/mol. The van der Waals surface area contributed by atoms with Crippen LogP contribution in [0.4, 0.5) is 5.82 Å². The number of carbonyl (C=O) groups excluding carboxylic acids is 2. The maximum absolute atomic E-state index is 11.9. The van der Waals surface area contributed by atoms with E-state index in [0.29, 0.717) is 24.0 Å². The van der Waals surface area contributed by atoms with Gasteiger partial charge in [0.25, 0.3) is 0 Å². The number of carbonyl (C=O) groups is 2. The van der Waals surface area contributed by atoms with E-state index in [4.69, 9.17) is 9.26 Å². The van der Waals surface area contributed by atoms with Gasteiger partial charge in [-0.25, -0.2) is 0 Å². The minimum atomic E-state index is -0.289. The highest BCUT2D eigenvalue weighted by Gasteiger charge is 2.28. The first-order valence-electron chi connectivity index (χ1n) is 6.58. The summed E-state index contributed by atoms with van der Waals surface area (Å²) in [6.45, 7) is 2.34. The van der Waals surface area contributed by atoms with E-state index in [9.17, 15) is 9.59 Å². The largest absolute Gasteiger partial charge is 0.375 e. The number of aryl methyl sites for hydroxylation is 1. The van der Waals surface area contributed by atoms with Crippen molar-refractivity contribution in [1.82, 2.24) is 10.1 Å². The Balaban J connectivity index is 1.88. The predicted molar refractivity (Wildman–Crippen MR) is 71.0 cm³/mol. The van der Waals surface area contributed by atoms with Crippen molar-refractivity contribution in [2.75, 3.05) is 32.1 Å². The summed E-state index contributed by atoms with van der Waals surface area (Å²) in [5, 5.41) is 6.29. The van der Waals surface area contributed by atoms with Crippen LogP contribution in [0.5, 0.6) is 0 Å². The molecular formula is C13H19N3O4. The fourth-order valence-electron chi connectivity index (χ4n) is 1.86. The number of methoxy groups -OCH3 is 1. The van der Waals surface area contributed by atoms with Gasteiger partial charge in [-0.3, -0.25) is 9.59 Å². The molecular weight excluding hydrogens is 262 g/mol. The number of nitrogens with zero attached hydrogens (tertiary/aromatic N) is 2. The van der Waals surface area contributed by atoms with Crippen LogP contribution >= 0.6 is 0 Å². The number of hydrogen-bond acceptors (Lipinski definition) is 5. The Morgan fingerprint density at radius 1 is 1.55 bits per heavy atom. The second kappa shape index (κ2) is 6.51. The van der Waals surface area contributed by atoms with Crippen molar-refractivity contribution in [2.45, 2.75) is 19.8 Å². The smallest absolute Gasteiger partial charge is 0.249 e. The Kier molecular flexibility index (Phi) is 4.73. The molecule has 1 aliphatic rings. The lowest BCUT2D eigenvalue weighted by Gasteiger charge is -2.21. The number of aromatic nitrogens is 1. The van der Waals surface area contributed by atoms with Gasteiger partial charge >= 0.3 is 0 Å². The number of amides is 2. The lowest BCUT2D eigenvalue weighted by atomic mass is 10.3.